The second-order valence-electron chi connectivity index (χ2n) is 13.0. The zero-order chi connectivity index (χ0) is 34.2. The predicted octanol–water partition coefficient (Wildman–Crippen LogP) is 12.0. The van der Waals surface area contributed by atoms with Gasteiger partial charge in [0.1, 0.15) is 16.7 Å². The maximum Gasteiger partial charge on any atom is 0.227 e. The van der Waals surface area contributed by atoms with Gasteiger partial charge in [-0.15, -0.1) is 0 Å². The molecule has 0 atom stereocenters. The van der Waals surface area contributed by atoms with E-state index in [-0.39, 0.29) is 0 Å². The first-order valence-electron chi connectivity index (χ1n) is 17.2. The Labute approximate surface area is 296 Å². The predicted molar refractivity (Wildman–Crippen MR) is 209 cm³/mol. The highest BCUT2D eigenvalue weighted by Crippen LogP contribution is 2.44. The lowest BCUT2D eigenvalue weighted by atomic mass is 9.91. The lowest BCUT2D eigenvalue weighted by Crippen LogP contribution is -2.02. The molecule has 11 aromatic rings. The minimum absolute atomic E-state index is 0.567. The SMILES string of the molecule is c1ccc(-c2nc(-c3ccc4ccccc4c3-c3ccnc4oc5cc6ccccc6cc5c34)nc(-c3cccc4oc5ccccc5c34)n2)cc1. The molecule has 0 aliphatic rings. The number of hydrogen-bond donors (Lipinski definition) is 0. The Morgan fingerprint density at radius 3 is 1.94 bits per heavy atom. The van der Waals surface area contributed by atoms with Gasteiger partial charge in [-0.2, -0.15) is 0 Å². The third-order valence-corrected chi connectivity index (χ3v) is 9.99. The molecule has 4 heterocycles. The van der Waals surface area contributed by atoms with Crippen LogP contribution in [0.4, 0.5) is 0 Å². The summed E-state index contributed by atoms with van der Waals surface area (Å²) in [5, 5.41) is 8.39. The van der Waals surface area contributed by atoms with Gasteiger partial charge in [-0.25, -0.2) is 19.9 Å². The van der Waals surface area contributed by atoms with Gasteiger partial charge in [0, 0.05) is 44.6 Å². The van der Waals surface area contributed by atoms with Crippen LogP contribution in [0.25, 0.3) is 111 Å². The van der Waals surface area contributed by atoms with Crippen molar-refractivity contribution in [3.63, 3.8) is 0 Å². The van der Waals surface area contributed by atoms with Crippen LogP contribution >= 0.6 is 0 Å². The van der Waals surface area contributed by atoms with E-state index in [1.807, 2.05) is 72.9 Å². The van der Waals surface area contributed by atoms with Gasteiger partial charge in [-0.1, -0.05) is 115 Å². The summed E-state index contributed by atoms with van der Waals surface area (Å²) >= 11 is 0. The van der Waals surface area contributed by atoms with Crippen molar-refractivity contribution >= 4 is 65.6 Å². The molecule has 242 valence electrons. The average molecular weight is 667 g/mol. The zero-order valence-corrected chi connectivity index (χ0v) is 27.6. The first-order valence-corrected chi connectivity index (χ1v) is 17.2. The van der Waals surface area contributed by atoms with Crippen molar-refractivity contribution in [2.75, 3.05) is 0 Å². The van der Waals surface area contributed by atoms with Crippen molar-refractivity contribution in [3.05, 3.63) is 158 Å². The van der Waals surface area contributed by atoms with Gasteiger partial charge >= 0.3 is 0 Å². The molecule has 0 saturated carbocycles. The lowest BCUT2D eigenvalue weighted by Gasteiger charge is -2.15. The number of benzene rings is 7. The molecule has 7 aromatic carbocycles. The van der Waals surface area contributed by atoms with Gasteiger partial charge in [0.25, 0.3) is 0 Å². The molecule has 52 heavy (non-hydrogen) atoms. The molecular weight excluding hydrogens is 641 g/mol. The Morgan fingerprint density at radius 1 is 0.385 bits per heavy atom. The Balaban J connectivity index is 1.24. The molecular formula is C46H26N4O2. The Morgan fingerprint density at radius 2 is 1.08 bits per heavy atom. The van der Waals surface area contributed by atoms with E-state index in [1.54, 1.807) is 0 Å². The number of para-hydroxylation sites is 1. The third-order valence-electron chi connectivity index (χ3n) is 9.99. The van der Waals surface area contributed by atoms with Crippen LogP contribution in [-0.2, 0) is 0 Å². The van der Waals surface area contributed by atoms with Gasteiger partial charge in [0.2, 0.25) is 5.71 Å². The van der Waals surface area contributed by atoms with E-state index in [0.717, 1.165) is 87.7 Å². The fourth-order valence-corrected chi connectivity index (χ4v) is 7.63. The van der Waals surface area contributed by atoms with Gasteiger partial charge in [0.15, 0.2) is 17.5 Å². The Kier molecular flexibility index (Phi) is 6.15. The fraction of sp³-hybridized carbons (Fsp3) is 0. The van der Waals surface area contributed by atoms with Gasteiger partial charge in [-0.05, 0) is 63.5 Å². The quantitative estimate of drug-likeness (QED) is 0.186. The summed E-state index contributed by atoms with van der Waals surface area (Å²) in [6.45, 7) is 0. The Bertz CT molecular complexity index is 3200. The second-order valence-corrected chi connectivity index (χ2v) is 13.0. The van der Waals surface area contributed by atoms with Crippen LogP contribution in [0.1, 0.15) is 0 Å². The number of hydrogen-bond acceptors (Lipinski definition) is 6. The summed E-state index contributed by atoms with van der Waals surface area (Å²) < 4.78 is 12.7. The van der Waals surface area contributed by atoms with Crippen LogP contribution in [-0.4, -0.2) is 19.9 Å². The minimum Gasteiger partial charge on any atom is -0.456 e. The topological polar surface area (TPSA) is 77.8 Å². The molecule has 0 fully saturated rings. The summed E-state index contributed by atoms with van der Waals surface area (Å²) in [5.41, 5.74) is 7.65. The van der Waals surface area contributed by atoms with Crippen molar-refractivity contribution < 1.29 is 8.83 Å². The Hall–Kier alpha value is -7.18. The molecule has 6 nitrogen and oxygen atoms in total. The van der Waals surface area contributed by atoms with Crippen molar-refractivity contribution in [2.45, 2.75) is 0 Å². The molecule has 0 unspecified atom stereocenters. The average Bonchev–Trinajstić information content (AvgIpc) is 3.78. The molecule has 0 radical (unpaired) electrons. The normalized spacial score (nSPS) is 11.8. The number of nitrogens with zero attached hydrogens (tertiary/aromatic N) is 4. The van der Waals surface area contributed by atoms with Crippen LogP contribution < -0.4 is 0 Å². The van der Waals surface area contributed by atoms with E-state index in [9.17, 15) is 0 Å². The maximum atomic E-state index is 6.44. The standard InChI is InChI=1S/C46H26N4O2/c1-2-12-28(13-3-1)43-48-44(34-18-10-20-38-41(34)32-17-8-9-19-37(32)51-38)50-45(49-43)35-22-21-27-11-6-7-16-31(27)40(35)33-23-24-47-46-42(33)36-25-29-14-4-5-15-30(29)26-39(36)52-46/h1-26H. The number of furan rings is 2. The number of pyridine rings is 1. The van der Waals surface area contributed by atoms with Crippen LogP contribution in [0.2, 0.25) is 0 Å². The molecule has 0 bridgehead atoms. The molecule has 0 saturated heterocycles. The lowest BCUT2D eigenvalue weighted by molar-refractivity contribution is 0.654. The second kappa shape index (κ2) is 11.2. The van der Waals surface area contributed by atoms with Crippen molar-refractivity contribution in [3.8, 4) is 45.3 Å². The molecule has 0 amide bonds. The van der Waals surface area contributed by atoms with E-state index in [0.29, 0.717) is 23.2 Å². The van der Waals surface area contributed by atoms with Crippen LogP contribution in [0.15, 0.2) is 167 Å². The largest absolute Gasteiger partial charge is 0.456 e. The van der Waals surface area contributed by atoms with Crippen molar-refractivity contribution in [1.82, 2.24) is 19.9 Å². The molecule has 0 aliphatic carbocycles. The molecule has 6 heteroatoms. The monoisotopic (exact) mass is 666 g/mol. The molecule has 0 spiro atoms. The minimum atomic E-state index is 0.567. The number of aromatic nitrogens is 4. The highest BCUT2D eigenvalue weighted by molar-refractivity contribution is 6.18. The summed E-state index contributed by atoms with van der Waals surface area (Å²) in [6.07, 6.45) is 1.82. The maximum absolute atomic E-state index is 6.44. The van der Waals surface area contributed by atoms with E-state index in [4.69, 9.17) is 28.8 Å². The molecule has 11 rings (SSSR count). The van der Waals surface area contributed by atoms with Gasteiger partial charge in [0.05, 0.1) is 5.39 Å². The zero-order valence-electron chi connectivity index (χ0n) is 27.6. The van der Waals surface area contributed by atoms with Crippen LogP contribution in [0, 0.1) is 0 Å². The van der Waals surface area contributed by atoms with Gasteiger partial charge in [-0.3, -0.25) is 0 Å². The smallest absolute Gasteiger partial charge is 0.227 e. The van der Waals surface area contributed by atoms with Gasteiger partial charge < -0.3 is 8.83 Å². The first kappa shape index (κ1) is 28.6. The van der Waals surface area contributed by atoms with E-state index in [1.165, 1.54) is 0 Å². The molecule has 4 aromatic heterocycles. The fourth-order valence-electron chi connectivity index (χ4n) is 7.63. The van der Waals surface area contributed by atoms with Crippen molar-refractivity contribution in [2.24, 2.45) is 0 Å². The molecule has 0 aliphatic heterocycles. The van der Waals surface area contributed by atoms with Crippen LogP contribution in [0.3, 0.4) is 0 Å². The highest BCUT2D eigenvalue weighted by atomic mass is 16.3. The van der Waals surface area contributed by atoms with Crippen LogP contribution in [0.5, 0.6) is 0 Å². The molecule has 0 N–H and O–H groups in total. The first-order chi connectivity index (χ1) is 25.8. The summed E-state index contributed by atoms with van der Waals surface area (Å²) in [4.78, 5) is 20.3. The summed E-state index contributed by atoms with van der Waals surface area (Å²) in [5.74, 6) is 1.72. The van der Waals surface area contributed by atoms with E-state index >= 15 is 0 Å². The van der Waals surface area contributed by atoms with E-state index in [2.05, 4.69) is 84.9 Å². The summed E-state index contributed by atoms with van der Waals surface area (Å²) in [7, 11) is 0. The number of rotatable bonds is 4. The third kappa shape index (κ3) is 4.38. The highest BCUT2D eigenvalue weighted by Gasteiger charge is 2.23. The summed E-state index contributed by atoms with van der Waals surface area (Å²) in [6, 6.07) is 51.7. The van der Waals surface area contributed by atoms with E-state index < -0.39 is 0 Å². The van der Waals surface area contributed by atoms with Crippen molar-refractivity contribution in [1.29, 1.82) is 0 Å². The number of fused-ring (bicyclic) bond motifs is 8.